The van der Waals surface area contributed by atoms with Crippen LogP contribution < -0.4 is 10.2 Å². The molecule has 2 aromatic rings. The fraction of sp³-hybridized carbons (Fsp3) is 0.628. The highest BCUT2D eigenvalue weighted by Crippen LogP contribution is 2.51. The number of benzene rings is 2. The lowest BCUT2D eigenvalue weighted by Crippen LogP contribution is -2.60. The Hall–Kier alpha value is -3.52. The number of alkyl carbamates (subject to hydrolysis) is 1. The number of hydrogen-bond acceptors (Lipinski definition) is 9. The standard InChI is InChI=1S/C43H59FN6O5S/c1-31(24-46-17-5-18-46)41(51)50-28-38(29-50)56(53,54)37-13-11-36(12-14-37)49-26-32(27-49)25-47-21-15-33(16-22-47)43(30-48-19-6-20-48,34-7-3-8-35(44)23-34)39-9-4-10-40(39)45-42(52)55-2/h3,7-8,11-14,23,32-33,38-40H,1,4-6,9-10,15-22,24-30H2,2H3,(H,45,52)/t39-,40-,43-/m0/s1. The topological polar surface area (TPSA) is 106 Å². The van der Waals surface area contributed by atoms with Crippen molar-refractivity contribution in [2.45, 2.75) is 66.5 Å². The summed E-state index contributed by atoms with van der Waals surface area (Å²) in [7, 11) is -2.11. The van der Waals surface area contributed by atoms with Gasteiger partial charge in [0.2, 0.25) is 0 Å². The number of carbonyl (C=O) groups excluding carboxylic acids is 2. The summed E-state index contributed by atoms with van der Waals surface area (Å²) >= 11 is 0. The maximum Gasteiger partial charge on any atom is 0.407 e. The van der Waals surface area contributed by atoms with E-state index in [1.807, 2.05) is 18.2 Å². The minimum Gasteiger partial charge on any atom is -0.453 e. The first-order chi connectivity index (χ1) is 27.0. The van der Waals surface area contributed by atoms with Crippen molar-refractivity contribution in [2.75, 3.05) is 97.1 Å². The van der Waals surface area contributed by atoms with Crippen LogP contribution in [0.5, 0.6) is 0 Å². The Morgan fingerprint density at radius 2 is 1.57 bits per heavy atom. The first-order valence-corrected chi connectivity index (χ1v) is 22.4. The number of carbonyl (C=O) groups is 2. The Labute approximate surface area is 332 Å². The molecule has 2 aromatic carbocycles. The highest BCUT2D eigenvalue weighted by Gasteiger charge is 2.53. The molecule has 0 radical (unpaired) electrons. The van der Waals surface area contributed by atoms with E-state index in [1.165, 1.54) is 13.5 Å². The summed E-state index contributed by atoms with van der Waals surface area (Å²) in [4.78, 5) is 36.8. The van der Waals surface area contributed by atoms with Crippen LogP contribution in [0.25, 0.3) is 0 Å². The van der Waals surface area contributed by atoms with Gasteiger partial charge in [-0.25, -0.2) is 17.6 Å². The fourth-order valence-corrected chi connectivity index (χ4v) is 12.2. The maximum atomic E-state index is 15.0. The second-order valence-corrected chi connectivity index (χ2v) is 19.6. The molecule has 5 heterocycles. The van der Waals surface area contributed by atoms with E-state index in [1.54, 1.807) is 29.2 Å². The summed E-state index contributed by atoms with van der Waals surface area (Å²) in [6.07, 6.45) is 6.93. The van der Waals surface area contributed by atoms with Gasteiger partial charge in [-0.1, -0.05) is 25.1 Å². The van der Waals surface area contributed by atoms with Crippen LogP contribution in [-0.4, -0.2) is 144 Å². The van der Waals surface area contributed by atoms with Crippen molar-refractivity contribution in [2.24, 2.45) is 17.8 Å². The van der Waals surface area contributed by atoms with Crippen LogP contribution in [0.2, 0.25) is 0 Å². The average molecular weight is 791 g/mol. The third-order valence-corrected chi connectivity index (χ3v) is 16.1. The second kappa shape index (κ2) is 16.4. The number of nitrogens with one attached hydrogen (secondary N) is 1. The fourth-order valence-electron chi connectivity index (χ4n) is 10.6. The van der Waals surface area contributed by atoms with E-state index in [2.05, 4.69) is 37.6 Å². The van der Waals surface area contributed by atoms with Crippen LogP contribution in [0.15, 0.2) is 65.6 Å². The Morgan fingerprint density at radius 3 is 2.20 bits per heavy atom. The van der Waals surface area contributed by atoms with Crippen LogP contribution in [0.3, 0.4) is 0 Å². The van der Waals surface area contributed by atoms with Crippen molar-refractivity contribution >= 4 is 27.5 Å². The average Bonchev–Trinajstić information content (AvgIpc) is 3.58. The number of halogens is 1. The molecular formula is C43H59FN6O5S. The number of hydrogen-bond donors (Lipinski definition) is 1. The molecule has 1 aliphatic carbocycles. The Morgan fingerprint density at radius 1 is 0.875 bits per heavy atom. The molecule has 56 heavy (non-hydrogen) atoms. The number of amides is 2. The third kappa shape index (κ3) is 7.85. The number of anilines is 1. The van der Waals surface area contributed by atoms with Crippen LogP contribution in [0, 0.1) is 23.6 Å². The molecule has 8 rings (SSSR count). The molecular weight excluding hydrogens is 732 g/mol. The van der Waals surface area contributed by atoms with E-state index in [9.17, 15) is 18.0 Å². The van der Waals surface area contributed by atoms with Gasteiger partial charge in [0.15, 0.2) is 9.84 Å². The summed E-state index contributed by atoms with van der Waals surface area (Å²) in [5.41, 5.74) is 2.36. The van der Waals surface area contributed by atoms with E-state index in [4.69, 9.17) is 4.74 Å². The molecule has 3 atom stereocenters. The van der Waals surface area contributed by atoms with Crippen molar-refractivity contribution in [3.05, 3.63) is 72.1 Å². The monoisotopic (exact) mass is 790 g/mol. The first kappa shape index (κ1) is 39.3. The Balaban J connectivity index is 0.858. The first-order valence-electron chi connectivity index (χ1n) is 20.9. The summed E-state index contributed by atoms with van der Waals surface area (Å²) in [5.74, 6) is 0.743. The van der Waals surface area contributed by atoms with Gasteiger partial charge >= 0.3 is 6.09 Å². The molecule has 1 saturated carbocycles. The van der Waals surface area contributed by atoms with E-state index in [0.717, 1.165) is 115 Å². The quantitative estimate of drug-likeness (QED) is 0.279. The van der Waals surface area contributed by atoms with Crippen molar-refractivity contribution in [1.82, 2.24) is 24.9 Å². The molecule has 2 amide bonds. The Bertz CT molecular complexity index is 1850. The number of nitrogens with zero attached hydrogens (tertiary/aromatic N) is 5. The molecule has 0 unspecified atom stereocenters. The highest BCUT2D eigenvalue weighted by molar-refractivity contribution is 7.92. The minimum absolute atomic E-state index is 0.00934. The smallest absolute Gasteiger partial charge is 0.407 e. The molecule has 0 spiro atoms. The van der Waals surface area contributed by atoms with Gasteiger partial charge in [0.25, 0.3) is 5.91 Å². The second-order valence-electron chi connectivity index (χ2n) is 17.4. The zero-order chi connectivity index (χ0) is 39.0. The van der Waals surface area contributed by atoms with Crippen molar-refractivity contribution < 1.29 is 27.1 Å². The summed E-state index contributed by atoms with van der Waals surface area (Å²) in [5, 5.41) is 2.60. The van der Waals surface area contributed by atoms with Crippen molar-refractivity contribution in [3.8, 4) is 0 Å². The van der Waals surface area contributed by atoms with Crippen LogP contribution in [-0.2, 0) is 24.8 Å². The van der Waals surface area contributed by atoms with Gasteiger partial charge in [0, 0.05) is 74.4 Å². The zero-order valence-electron chi connectivity index (χ0n) is 32.9. The van der Waals surface area contributed by atoms with Crippen molar-refractivity contribution in [1.29, 1.82) is 0 Å². The predicted molar refractivity (Wildman–Crippen MR) is 215 cm³/mol. The van der Waals surface area contributed by atoms with Gasteiger partial charge in [-0.3, -0.25) is 9.69 Å². The molecule has 1 N–H and O–H groups in total. The van der Waals surface area contributed by atoms with Gasteiger partial charge in [-0.15, -0.1) is 0 Å². The number of ether oxygens (including phenoxy) is 1. The largest absolute Gasteiger partial charge is 0.453 e. The lowest BCUT2D eigenvalue weighted by atomic mass is 9.57. The highest BCUT2D eigenvalue weighted by atomic mass is 32.2. The lowest BCUT2D eigenvalue weighted by Gasteiger charge is -2.54. The van der Waals surface area contributed by atoms with E-state index in [0.29, 0.717) is 28.8 Å². The maximum absolute atomic E-state index is 15.0. The van der Waals surface area contributed by atoms with Gasteiger partial charge in [0.1, 0.15) is 11.1 Å². The Kier molecular flexibility index (Phi) is 11.5. The van der Waals surface area contributed by atoms with E-state index in [-0.39, 0.29) is 48.3 Å². The molecule has 6 aliphatic rings. The molecule has 5 aliphatic heterocycles. The van der Waals surface area contributed by atoms with Gasteiger partial charge < -0.3 is 29.7 Å². The molecule has 13 heteroatoms. The molecule has 0 bridgehead atoms. The summed E-state index contributed by atoms with van der Waals surface area (Å²) < 4.78 is 46.9. The van der Waals surface area contributed by atoms with E-state index >= 15 is 4.39 Å². The number of sulfone groups is 1. The number of piperidine rings is 1. The minimum atomic E-state index is -3.53. The molecule has 0 aromatic heterocycles. The lowest BCUT2D eigenvalue weighted by molar-refractivity contribution is -0.130. The summed E-state index contributed by atoms with van der Waals surface area (Å²) in [6, 6.07) is 14.6. The normalized spacial score (nSPS) is 25.4. The molecule has 304 valence electrons. The number of likely N-dealkylation sites (tertiary alicyclic amines) is 4. The zero-order valence-corrected chi connectivity index (χ0v) is 33.7. The molecule has 11 nitrogen and oxygen atoms in total. The van der Waals surface area contributed by atoms with Gasteiger partial charge in [-0.05, 0) is 132 Å². The van der Waals surface area contributed by atoms with Crippen LogP contribution in [0.1, 0.15) is 50.5 Å². The van der Waals surface area contributed by atoms with Crippen LogP contribution in [0.4, 0.5) is 14.9 Å². The van der Waals surface area contributed by atoms with Gasteiger partial charge in [-0.2, -0.15) is 0 Å². The SMILES string of the molecule is C=C(CN1CCC1)C(=O)N1CC(S(=O)(=O)c2ccc(N3CC(CN4CCC([C@@](CN5CCC5)(c5cccc(F)c5)[C@H]5CCC[C@@H]5NC(=O)OC)CC4)C3)cc2)C1. The third-order valence-electron chi connectivity index (χ3n) is 14.0. The summed E-state index contributed by atoms with van der Waals surface area (Å²) in [6.45, 7) is 14.8. The predicted octanol–water partition coefficient (Wildman–Crippen LogP) is 4.39. The van der Waals surface area contributed by atoms with Crippen molar-refractivity contribution in [3.63, 3.8) is 0 Å². The van der Waals surface area contributed by atoms with Crippen LogP contribution >= 0.6 is 0 Å². The number of methoxy groups -OCH3 is 1. The van der Waals surface area contributed by atoms with Gasteiger partial charge in [0.05, 0.1) is 12.0 Å². The molecule has 6 fully saturated rings. The molecule has 5 saturated heterocycles. The van der Waals surface area contributed by atoms with E-state index < -0.39 is 15.1 Å². The number of rotatable bonds is 14.